The molecule has 3 aromatic rings. The van der Waals surface area contributed by atoms with Crippen molar-refractivity contribution in [1.29, 1.82) is 0 Å². The molecule has 0 radical (unpaired) electrons. The number of hydrogen-bond donors (Lipinski definition) is 3. The highest BCUT2D eigenvalue weighted by Gasteiger charge is 2.12. The fraction of sp³-hybridized carbons (Fsp3) is 0.316. The topological polar surface area (TPSA) is 79.1 Å². The summed E-state index contributed by atoms with van der Waals surface area (Å²) in [6, 6.07) is 9.46. The molecule has 0 aliphatic carbocycles. The molecule has 0 atom stereocenters. The van der Waals surface area contributed by atoms with Gasteiger partial charge >= 0.3 is 5.69 Å². The molecular formula is C19H22ClN3O3. The summed E-state index contributed by atoms with van der Waals surface area (Å²) in [5, 5.41) is 3.86. The zero-order valence-electron chi connectivity index (χ0n) is 14.8. The summed E-state index contributed by atoms with van der Waals surface area (Å²) in [6.07, 6.45) is 0.898. The van der Waals surface area contributed by atoms with Crippen LogP contribution in [0, 0.1) is 0 Å². The zero-order valence-corrected chi connectivity index (χ0v) is 15.6. The van der Waals surface area contributed by atoms with E-state index in [0.717, 1.165) is 28.7 Å². The van der Waals surface area contributed by atoms with Gasteiger partial charge in [0.15, 0.2) is 11.5 Å². The molecule has 0 bridgehead atoms. The maximum Gasteiger partial charge on any atom is 0.323 e. The molecule has 0 unspecified atom stereocenters. The van der Waals surface area contributed by atoms with Crippen molar-refractivity contribution in [3.63, 3.8) is 0 Å². The maximum absolute atomic E-state index is 11.4. The third-order valence-electron chi connectivity index (χ3n) is 3.83. The lowest BCUT2D eigenvalue weighted by atomic mass is 10.2. The Balaban J connectivity index is 1.78. The Morgan fingerprint density at radius 2 is 1.88 bits per heavy atom. The Morgan fingerprint density at radius 1 is 1.08 bits per heavy atom. The monoisotopic (exact) mass is 375 g/mol. The van der Waals surface area contributed by atoms with E-state index >= 15 is 0 Å². The first-order valence-corrected chi connectivity index (χ1v) is 9.02. The minimum atomic E-state index is -0.215. The highest BCUT2D eigenvalue weighted by atomic mass is 35.5. The number of hydrogen-bond acceptors (Lipinski definition) is 4. The molecule has 6 nitrogen and oxygen atoms in total. The summed E-state index contributed by atoms with van der Waals surface area (Å²) in [5.74, 6) is 1.24. The van der Waals surface area contributed by atoms with Gasteiger partial charge in [0.25, 0.3) is 0 Å². The van der Waals surface area contributed by atoms with Crippen LogP contribution in [0.5, 0.6) is 11.5 Å². The molecule has 3 rings (SSSR count). The lowest BCUT2D eigenvalue weighted by molar-refractivity contribution is 0.277. The Labute approximate surface area is 156 Å². The van der Waals surface area contributed by atoms with Crippen molar-refractivity contribution in [1.82, 2.24) is 9.97 Å². The lowest BCUT2D eigenvalue weighted by Gasteiger charge is -2.15. The van der Waals surface area contributed by atoms with Gasteiger partial charge in [-0.15, -0.1) is 0 Å². The summed E-state index contributed by atoms with van der Waals surface area (Å²) >= 11 is 6.39. The van der Waals surface area contributed by atoms with Crippen molar-refractivity contribution >= 4 is 28.3 Å². The van der Waals surface area contributed by atoms with Crippen molar-refractivity contribution in [2.75, 3.05) is 18.5 Å². The van der Waals surface area contributed by atoms with Crippen molar-refractivity contribution in [2.45, 2.75) is 26.8 Å². The van der Waals surface area contributed by atoms with Gasteiger partial charge in [-0.2, -0.15) is 0 Å². The zero-order chi connectivity index (χ0) is 18.5. The number of benzene rings is 2. The second-order valence-electron chi connectivity index (χ2n) is 5.88. The SMILES string of the molecule is CCCOc1c(Cl)cc(CNc2ccc3[nH]c(=O)[nH]c3c2)cc1OCC. The molecule has 0 saturated carbocycles. The van der Waals surface area contributed by atoms with Crippen LogP contribution in [0.15, 0.2) is 35.1 Å². The number of rotatable bonds is 8. The molecule has 1 heterocycles. The van der Waals surface area contributed by atoms with E-state index in [2.05, 4.69) is 15.3 Å². The summed E-state index contributed by atoms with van der Waals surface area (Å²) in [4.78, 5) is 16.8. The van der Waals surface area contributed by atoms with Gasteiger partial charge in [0.05, 0.1) is 29.3 Å². The number of aromatic amines is 2. The predicted octanol–water partition coefficient (Wildman–Crippen LogP) is 4.31. The molecular weight excluding hydrogens is 354 g/mol. The number of halogens is 1. The lowest BCUT2D eigenvalue weighted by Crippen LogP contribution is -2.04. The summed E-state index contributed by atoms with van der Waals surface area (Å²) < 4.78 is 11.4. The minimum Gasteiger partial charge on any atom is -0.490 e. The van der Waals surface area contributed by atoms with E-state index in [1.807, 2.05) is 44.2 Å². The highest BCUT2D eigenvalue weighted by Crippen LogP contribution is 2.37. The molecule has 0 saturated heterocycles. The van der Waals surface area contributed by atoms with Crippen LogP contribution >= 0.6 is 11.6 Å². The van der Waals surface area contributed by atoms with Crippen LogP contribution in [-0.4, -0.2) is 23.2 Å². The standard InChI is InChI=1S/C19H22ClN3O3/c1-3-7-26-18-14(20)8-12(9-17(18)25-4-2)11-21-13-5-6-15-16(10-13)23-19(24)22-15/h5-6,8-10,21H,3-4,7,11H2,1-2H3,(H2,22,23,24). The number of anilines is 1. The van der Waals surface area contributed by atoms with E-state index < -0.39 is 0 Å². The highest BCUT2D eigenvalue weighted by molar-refractivity contribution is 6.32. The quantitative estimate of drug-likeness (QED) is 0.548. The smallest absolute Gasteiger partial charge is 0.323 e. The average Bonchev–Trinajstić information content (AvgIpc) is 2.99. The number of nitrogens with one attached hydrogen (secondary N) is 3. The van der Waals surface area contributed by atoms with Gasteiger partial charge in [-0.25, -0.2) is 4.79 Å². The molecule has 138 valence electrons. The van der Waals surface area contributed by atoms with Gasteiger partial charge < -0.3 is 24.8 Å². The first kappa shape index (κ1) is 18.2. The molecule has 0 spiro atoms. The van der Waals surface area contributed by atoms with Crippen molar-refractivity contribution in [3.8, 4) is 11.5 Å². The van der Waals surface area contributed by atoms with Crippen LogP contribution in [0.2, 0.25) is 5.02 Å². The molecule has 0 aliphatic heterocycles. The largest absolute Gasteiger partial charge is 0.490 e. The average molecular weight is 376 g/mol. The fourth-order valence-corrected chi connectivity index (χ4v) is 2.97. The van der Waals surface area contributed by atoms with Gasteiger partial charge in [0.2, 0.25) is 0 Å². The van der Waals surface area contributed by atoms with Crippen molar-refractivity contribution in [2.24, 2.45) is 0 Å². The third-order valence-corrected chi connectivity index (χ3v) is 4.11. The third kappa shape index (κ3) is 4.14. The van der Waals surface area contributed by atoms with E-state index in [1.165, 1.54) is 0 Å². The van der Waals surface area contributed by atoms with Gasteiger partial charge in [-0.3, -0.25) is 0 Å². The first-order valence-electron chi connectivity index (χ1n) is 8.64. The summed E-state index contributed by atoms with van der Waals surface area (Å²) in [5.41, 5.74) is 3.20. The summed E-state index contributed by atoms with van der Waals surface area (Å²) in [6.45, 7) is 5.66. The summed E-state index contributed by atoms with van der Waals surface area (Å²) in [7, 11) is 0. The van der Waals surface area contributed by atoms with Crippen LogP contribution in [-0.2, 0) is 6.54 Å². The predicted molar refractivity (Wildman–Crippen MR) is 105 cm³/mol. The molecule has 3 N–H and O–H groups in total. The number of imidazole rings is 1. The minimum absolute atomic E-state index is 0.215. The molecule has 0 aliphatic rings. The molecule has 0 amide bonds. The van der Waals surface area contributed by atoms with Crippen LogP contribution < -0.4 is 20.5 Å². The molecule has 0 fully saturated rings. The van der Waals surface area contributed by atoms with Crippen molar-refractivity contribution in [3.05, 3.63) is 51.4 Å². The van der Waals surface area contributed by atoms with Crippen LogP contribution in [0.25, 0.3) is 11.0 Å². The second kappa shape index (κ2) is 8.19. The molecule has 26 heavy (non-hydrogen) atoms. The number of fused-ring (bicyclic) bond motifs is 1. The van der Waals surface area contributed by atoms with Gasteiger partial charge in [0.1, 0.15) is 0 Å². The van der Waals surface area contributed by atoms with Gasteiger partial charge in [-0.05, 0) is 49.2 Å². The molecule has 1 aromatic heterocycles. The normalized spacial score (nSPS) is 10.9. The molecule has 2 aromatic carbocycles. The van der Waals surface area contributed by atoms with Crippen LogP contribution in [0.4, 0.5) is 5.69 Å². The number of aromatic nitrogens is 2. The Morgan fingerprint density at radius 3 is 2.65 bits per heavy atom. The van der Waals surface area contributed by atoms with Gasteiger partial charge in [0, 0.05) is 12.2 Å². The first-order chi connectivity index (χ1) is 12.6. The van der Waals surface area contributed by atoms with E-state index in [-0.39, 0.29) is 5.69 Å². The maximum atomic E-state index is 11.4. The van der Waals surface area contributed by atoms with Crippen molar-refractivity contribution < 1.29 is 9.47 Å². The van der Waals surface area contributed by atoms with Crippen LogP contribution in [0.1, 0.15) is 25.8 Å². The fourth-order valence-electron chi connectivity index (χ4n) is 2.68. The Kier molecular flexibility index (Phi) is 5.73. The number of ether oxygens (including phenoxy) is 2. The van der Waals surface area contributed by atoms with E-state index in [9.17, 15) is 4.79 Å². The molecule has 7 heteroatoms. The van der Waals surface area contributed by atoms with E-state index in [1.54, 1.807) is 0 Å². The number of H-pyrrole nitrogens is 2. The Hall–Kier alpha value is -2.60. The van der Waals surface area contributed by atoms with Crippen LogP contribution in [0.3, 0.4) is 0 Å². The van der Waals surface area contributed by atoms with E-state index in [0.29, 0.717) is 36.3 Å². The Bertz CT molecular complexity index is 949. The second-order valence-corrected chi connectivity index (χ2v) is 6.29. The van der Waals surface area contributed by atoms with Gasteiger partial charge in [-0.1, -0.05) is 18.5 Å². The van der Waals surface area contributed by atoms with E-state index in [4.69, 9.17) is 21.1 Å².